The Morgan fingerprint density at radius 3 is 2.24 bits per heavy atom. The van der Waals surface area contributed by atoms with Crippen molar-refractivity contribution in [1.29, 1.82) is 0 Å². The second-order valence-electron chi connectivity index (χ2n) is 8.63. The number of rotatable bonds is 7. The van der Waals surface area contributed by atoms with Crippen LogP contribution in [0.5, 0.6) is 0 Å². The molecular formula is C25H32N2OS. The topological polar surface area (TPSA) is 34.9 Å². The van der Waals surface area contributed by atoms with Gasteiger partial charge in [-0.3, -0.25) is 4.79 Å². The molecule has 0 bridgehead atoms. The SMILES string of the molecule is CC(C)c1ccc(C(=O)[C@H](C)Sc2nc3ccccc3n2C(C)C)c(C(C)C)c1. The van der Waals surface area contributed by atoms with Crippen molar-refractivity contribution in [1.82, 2.24) is 9.55 Å². The first-order chi connectivity index (χ1) is 13.7. The van der Waals surface area contributed by atoms with Crippen molar-refractivity contribution in [2.45, 2.75) is 76.8 Å². The fourth-order valence-corrected chi connectivity index (χ4v) is 4.80. The van der Waals surface area contributed by atoms with Crippen molar-refractivity contribution < 1.29 is 4.79 Å². The Morgan fingerprint density at radius 2 is 1.62 bits per heavy atom. The molecule has 0 spiro atoms. The van der Waals surface area contributed by atoms with E-state index in [1.165, 1.54) is 5.56 Å². The molecule has 3 nitrogen and oxygen atoms in total. The van der Waals surface area contributed by atoms with Gasteiger partial charge in [0.15, 0.2) is 10.9 Å². The minimum atomic E-state index is -0.202. The van der Waals surface area contributed by atoms with Crippen molar-refractivity contribution in [3.8, 4) is 0 Å². The number of fused-ring (bicyclic) bond motifs is 1. The monoisotopic (exact) mass is 408 g/mol. The van der Waals surface area contributed by atoms with E-state index < -0.39 is 0 Å². The Hall–Kier alpha value is -2.07. The molecule has 1 aromatic heterocycles. The van der Waals surface area contributed by atoms with E-state index in [2.05, 4.69) is 64.3 Å². The normalized spacial score (nSPS) is 13.0. The highest BCUT2D eigenvalue weighted by molar-refractivity contribution is 8.00. The molecule has 4 heteroatoms. The summed E-state index contributed by atoms with van der Waals surface area (Å²) in [7, 11) is 0. The van der Waals surface area contributed by atoms with Crippen LogP contribution in [-0.4, -0.2) is 20.6 Å². The van der Waals surface area contributed by atoms with Crippen molar-refractivity contribution in [3.63, 3.8) is 0 Å². The number of hydrogen-bond donors (Lipinski definition) is 0. The van der Waals surface area contributed by atoms with E-state index in [1.807, 2.05) is 31.2 Å². The fraction of sp³-hybridized carbons (Fsp3) is 0.440. The van der Waals surface area contributed by atoms with Gasteiger partial charge in [-0.2, -0.15) is 0 Å². The molecule has 1 heterocycles. The highest BCUT2D eigenvalue weighted by Crippen LogP contribution is 2.33. The number of thioether (sulfide) groups is 1. The quantitative estimate of drug-likeness (QED) is 0.305. The van der Waals surface area contributed by atoms with Crippen LogP contribution in [0.4, 0.5) is 0 Å². The highest BCUT2D eigenvalue weighted by Gasteiger charge is 2.24. The Bertz CT molecular complexity index is 1020. The maximum Gasteiger partial charge on any atom is 0.176 e. The van der Waals surface area contributed by atoms with Gasteiger partial charge in [0.25, 0.3) is 0 Å². The summed E-state index contributed by atoms with van der Waals surface area (Å²) in [6.07, 6.45) is 0. The summed E-state index contributed by atoms with van der Waals surface area (Å²) in [5.41, 5.74) is 5.37. The van der Waals surface area contributed by atoms with Crippen molar-refractivity contribution in [2.24, 2.45) is 0 Å². The number of Topliss-reactive ketones (excluding diaryl/α,β-unsaturated/α-hetero) is 1. The molecule has 0 saturated carbocycles. The zero-order valence-electron chi connectivity index (χ0n) is 18.6. The maximum absolute atomic E-state index is 13.4. The summed E-state index contributed by atoms with van der Waals surface area (Å²) in [6, 6.07) is 14.8. The number of benzene rings is 2. The Balaban J connectivity index is 1.94. The lowest BCUT2D eigenvalue weighted by molar-refractivity contribution is 0.0992. The number of nitrogens with zero attached hydrogens (tertiary/aromatic N) is 2. The Morgan fingerprint density at radius 1 is 0.931 bits per heavy atom. The molecule has 0 saturated heterocycles. The van der Waals surface area contributed by atoms with Gasteiger partial charge in [0.05, 0.1) is 16.3 Å². The van der Waals surface area contributed by atoms with Gasteiger partial charge in [0, 0.05) is 11.6 Å². The summed E-state index contributed by atoms with van der Waals surface area (Å²) in [5.74, 6) is 0.941. The lowest BCUT2D eigenvalue weighted by atomic mass is 9.89. The van der Waals surface area contributed by atoms with Gasteiger partial charge >= 0.3 is 0 Å². The average molecular weight is 409 g/mol. The molecule has 154 valence electrons. The minimum Gasteiger partial charge on any atom is -0.316 e. The van der Waals surface area contributed by atoms with Crippen molar-refractivity contribution >= 4 is 28.6 Å². The zero-order chi connectivity index (χ0) is 21.3. The molecule has 0 radical (unpaired) electrons. The fourth-order valence-electron chi connectivity index (χ4n) is 3.68. The van der Waals surface area contributed by atoms with Gasteiger partial charge in [0.2, 0.25) is 0 Å². The molecule has 1 atom stereocenters. The predicted octanol–water partition coefficient (Wildman–Crippen LogP) is 7.23. The number of hydrogen-bond acceptors (Lipinski definition) is 3. The second kappa shape index (κ2) is 8.74. The van der Waals surface area contributed by atoms with E-state index in [0.29, 0.717) is 11.8 Å². The summed E-state index contributed by atoms with van der Waals surface area (Å²) >= 11 is 1.56. The number of imidazole rings is 1. The van der Waals surface area contributed by atoms with E-state index >= 15 is 0 Å². The first-order valence-electron chi connectivity index (χ1n) is 10.5. The molecule has 3 aromatic rings. The van der Waals surface area contributed by atoms with Gasteiger partial charge in [-0.25, -0.2) is 4.98 Å². The van der Waals surface area contributed by atoms with Crippen LogP contribution in [-0.2, 0) is 0 Å². The van der Waals surface area contributed by atoms with Crippen LogP contribution in [0.3, 0.4) is 0 Å². The molecular weight excluding hydrogens is 376 g/mol. The summed E-state index contributed by atoms with van der Waals surface area (Å²) in [6.45, 7) is 15.0. The Labute approximate surface area is 178 Å². The molecule has 0 unspecified atom stereocenters. The van der Waals surface area contributed by atoms with Crippen LogP contribution in [0.2, 0.25) is 0 Å². The number of ketones is 1. The van der Waals surface area contributed by atoms with E-state index in [0.717, 1.165) is 27.3 Å². The number of aromatic nitrogens is 2. The molecule has 0 N–H and O–H groups in total. The first kappa shape index (κ1) is 21.6. The molecule has 0 amide bonds. The lowest BCUT2D eigenvalue weighted by Gasteiger charge is -2.19. The van der Waals surface area contributed by atoms with Crippen LogP contribution in [0, 0.1) is 0 Å². The summed E-state index contributed by atoms with van der Waals surface area (Å²) in [5, 5.41) is 0.707. The summed E-state index contributed by atoms with van der Waals surface area (Å²) < 4.78 is 2.23. The number of carbonyl (C=O) groups is 1. The van der Waals surface area contributed by atoms with Crippen LogP contribution < -0.4 is 0 Å². The average Bonchev–Trinajstić information content (AvgIpc) is 3.04. The smallest absolute Gasteiger partial charge is 0.176 e. The standard InChI is InChI=1S/C25H32N2OS/c1-15(2)19-12-13-20(21(14-19)16(3)4)24(28)18(7)29-25-26-22-10-8-9-11-23(22)27(25)17(5)6/h8-18H,1-7H3/t18-/m0/s1. The van der Waals surface area contributed by atoms with Crippen LogP contribution in [0.25, 0.3) is 11.0 Å². The van der Waals surface area contributed by atoms with Gasteiger partial charge in [-0.1, -0.05) is 69.8 Å². The van der Waals surface area contributed by atoms with Crippen molar-refractivity contribution in [2.75, 3.05) is 0 Å². The zero-order valence-corrected chi connectivity index (χ0v) is 19.4. The maximum atomic E-state index is 13.4. The lowest BCUT2D eigenvalue weighted by Crippen LogP contribution is -2.17. The van der Waals surface area contributed by atoms with Gasteiger partial charge in [-0.05, 0) is 55.9 Å². The molecule has 0 aliphatic rings. The van der Waals surface area contributed by atoms with Gasteiger partial charge < -0.3 is 4.57 Å². The highest BCUT2D eigenvalue weighted by atomic mass is 32.2. The van der Waals surface area contributed by atoms with Crippen LogP contribution >= 0.6 is 11.8 Å². The van der Waals surface area contributed by atoms with Gasteiger partial charge in [-0.15, -0.1) is 0 Å². The third-order valence-corrected chi connectivity index (χ3v) is 6.43. The van der Waals surface area contributed by atoms with Crippen LogP contribution in [0.1, 0.15) is 87.8 Å². The van der Waals surface area contributed by atoms with Crippen molar-refractivity contribution in [3.05, 3.63) is 59.2 Å². The first-order valence-corrected chi connectivity index (χ1v) is 11.4. The molecule has 0 fully saturated rings. The Kier molecular flexibility index (Phi) is 6.52. The predicted molar refractivity (Wildman–Crippen MR) is 124 cm³/mol. The third-order valence-electron chi connectivity index (χ3n) is 5.36. The molecule has 29 heavy (non-hydrogen) atoms. The third kappa shape index (κ3) is 4.42. The van der Waals surface area contributed by atoms with E-state index in [1.54, 1.807) is 11.8 Å². The van der Waals surface area contributed by atoms with Crippen LogP contribution in [0.15, 0.2) is 47.6 Å². The number of para-hydroxylation sites is 2. The molecule has 0 aliphatic heterocycles. The minimum absolute atomic E-state index is 0.177. The van der Waals surface area contributed by atoms with E-state index in [4.69, 9.17) is 4.98 Å². The summed E-state index contributed by atoms with van der Waals surface area (Å²) in [4.78, 5) is 18.2. The second-order valence-corrected chi connectivity index (χ2v) is 9.94. The molecule has 2 aromatic carbocycles. The van der Waals surface area contributed by atoms with E-state index in [9.17, 15) is 4.79 Å². The van der Waals surface area contributed by atoms with E-state index in [-0.39, 0.29) is 17.1 Å². The largest absolute Gasteiger partial charge is 0.316 e. The molecule has 0 aliphatic carbocycles. The van der Waals surface area contributed by atoms with Gasteiger partial charge in [0.1, 0.15) is 0 Å². The molecule has 3 rings (SSSR count). The number of carbonyl (C=O) groups excluding carboxylic acids is 1.